The van der Waals surface area contributed by atoms with Gasteiger partial charge in [0.25, 0.3) is 0 Å². The van der Waals surface area contributed by atoms with Crippen molar-refractivity contribution in [3.63, 3.8) is 0 Å². The predicted molar refractivity (Wildman–Crippen MR) is 102 cm³/mol. The normalized spacial score (nSPS) is 30.0. The largest absolute Gasteiger partial charge is 0.306 e. The van der Waals surface area contributed by atoms with E-state index in [0.29, 0.717) is 12.0 Å². The Balaban J connectivity index is 2.32. The van der Waals surface area contributed by atoms with Crippen molar-refractivity contribution in [1.82, 2.24) is 5.32 Å². The van der Waals surface area contributed by atoms with Gasteiger partial charge >= 0.3 is 0 Å². The molecule has 124 valence electrons. The van der Waals surface area contributed by atoms with E-state index >= 15 is 0 Å². The van der Waals surface area contributed by atoms with Gasteiger partial charge < -0.3 is 5.32 Å². The van der Waals surface area contributed by atoms with Crippen LogP contribution in [0, 0.1) is 11.8 Å². The molecular formula is C20H35NSi. The summed E-state index contributed by atoms with van der Waals surface area (Å²) in [5.74, 6) is 1.44. The second-order valence-electron chi connectivity index (χ2n) is 8.82. The maximum Gasteiger partial charge on any atom is 0.0533 e. The minimum atomic E-state index is -1.16. The third kappa shape index (κ3) is 4.02. The summed E-state index contributed by atoms with van der Waals surface area (Å²) in [4.78, 5) is 0. The highest BCUT2D eigenvalue weighted by molar-refractivity contribution is 6.78. The Morgan fingerprint density at radius 3 is 2.55 bits per heavy atom. The molecule has 3 atom stereocenters. The number of hydrogen-bond donors (Lipinski definition) is 1. The summed E-state index contributed by atoms with van der Waals surface area (Å²) in [5, 5.41) is 3.85. The molecule has 0 aromatic carbocycles. The van der Waals surface area contributed by atoms with Crippen molar-refractivity contribution in [3.05, 3.63) is 34.9 Å². The zero-order chi connectivity index (χ0) is 16.5. The minimum absolute atomic E-state index is 0.431. The van der Waals surface area contributed by atoms with Crippen molar-refractivity contribution in [3.8, 4) is 0 Å². The maximum absolute atomic E-state index is 3.85. The third-order valence-corrected chi connectivity index (χ3v) is 8.04. The van der Waals surface area contributed by atoms with Crippen LogP contribution in [0.25, 0.3) is 0 Å². The van der Waals surface area contributed by atoms with Crippen LogP contribution >= 0.6 is 0 Å². The van der Waals surface area contributed by atoms with Crippen LogP contribution in [0.4, 0.5) is 0 Å². The molecule has 2 unspecified atom stereocenters. The average molecular weight is 318 g/mol. The van der Waals surface area contributed by atoms with Crippen molar-refractivity contribution in [2.75, 3.05) is 6.54 Å². The first-order chi connectivity index (χ1) is 10.2. The summed E-state index contributed by atoms with van der Waals surface area (Å²) in [7, 11) is -1.16. The molecule has 0 fully saturated rings. The van der Waals surface area contributed by atoms with Crippen LogP contribution in [0.5, 0.6) is 0 Å². The summed E-state index contributed by atoms with van der Waals surface area (Å²) in [6, 6.07) is 0.431. The van der Waals surface area contributed by atoms with Crippen LogP contribution in [-0.4, -0.2) is 20.7 Å². The van der Waals surface area contributed by atoms with Gasteiger partial charge in [-0.05, 0) is 42.7 Å². The highest BCUT2D eigenvalue weighted by Gasteiger charge is 2.34. The van der Waals surface area contributed by atoms with E-state index in [0.717, 1.165) is 18.0 Å². The minimum Gasteiger partial charge on any atom is -0.306 e. The molecule has 22 heavy (non-hydrogen) atoms. The van der Waals surface area contributed by atoms with Gasteiger partial charge in [0.15, 0.2) is 0 Å². The third-order valence-electron chi connectivity index (χ3n) is 5.38. The van der Waals surface area contributed by atoms with Crippen LogP contribution in [0.3, 0.4) is 0 Å². The Morgan fingerprint density at radius 1 is 1.27 bits per heavy atom. The lowest BCUT2D eigenvalue weighted by atomic mass is 9.84. The second-order valence-corrected chi connectivity index (χ2v) is 14.3. The number of allylic oxidation sites excluding steroid dienone is 2. The lowest BCUT2D eigenvalue weighted by molar-refractivity contribution is 0.547. The smallest absolute Gasteiger partial charge is 0.0533 e. The Bertz CT molecular complexity index is 490. The standard InChI is InChI=1S/C20H35NSi/c1-14(2)11-17-12-19(21-13-20(17)22(5,6)7)18-10-8-9-15(3)16(18)4/h8,10,12,14-15,19-21H,9,11,13H2,1-7H3/t15-,19?,20?/m1/s1. The average Bonchev–Trinajstić information content (AvgIpc) is 2.40. The van der Waals surface area contributed by atoms with E-state index in [1.807, 2.05) is 0 Å². The van der Waals surface area contributed by atoms with Crippen LogP contribution in [0.2, 0.25) is 25.2 Å². The van der Waals surface area contributed by atoms with Gasteiger partial charge in [0, 0.05) is 6.54 Å². The Hall–Kier alpha value is -0.603. The molecule has 2 heteroatoms. The molecule has 0 saturated heterocycles. The molecule has 1 aliphatic carbocycles. The first-order valence-corrected chi connectivity index (χ1v) is 12.6. The van der Waals surface area contributed by atoms with Gasteiger partial charge in [-0.1, -0.05) is 69.8 Å². The van der Waals surface area contributed by atoms with E-state index < -0.39 is 8.07 Å². The summed E-state index contributed by atoms with van der Waals surface area (Å²) in [5.41, 5.74) is 5.61. The fourth-order valence-electron chi connectivity index (χ4n) is 3.85. The quantitative estimate of drug-likeness (QED) is 0.529. The van der Waals surface area contributed by atoms with Crippen LogP contribution in [0.1, 0.15) is 40.5 Å². The molecule has 0 aromatic heterocycles. The Morgan fingerprint density at radius 2 is 1.95 bits per heavy atom. The SMILES string of the molecule is CC1=C(C2C=C(CC(C)C)C([Si](C)(C)C)CN2)C=CC[C@H]1C. The molecule has 0 bridgehead atoms. The monoisotopic (exact) mass is 317 g/mol. The summed E-state index contributed by atoms with van der Waals surface area (Å²) >= 11 is 0. The summed E-state index contributed by atoms with van der Waals surface area (Å²) in [6.07, 6.45) is 9.76. The van der Waals surface area contributed by atoms with Crippen molar-refractivity contribution in [1.29, 1.82) is 0 Å². The Kier molecular flexibility index (Phi) is 5.55. The van der Waals surface area contributed by atoms with Crippen molar-refractivity contribution in [2.24, 2.45) is 11.8 Å². The van der Waals surface area contributed by atoms with E-state index in [9.17, 15) is 0 Å². The van der Waals surface area contributed by atoms with Gasteiger partial charge in [-0.15, -0.1) is 0 Å². The molecule has 2 aliphatic rings. The van der Waals surface area contributed by atoms with Gasteiger partial charge in [0.05, 0.1) is 14.1 Å². The van der Waals surface area contributed by atoms with E-state index in [2.05, 4.69) is 70.9 Å². The molecule has 0 aromatic rings. The van der Waals surface area contributed by atoms with E-state index in [-0.39, 0.29) is 0 Å². The molecule has 2 rings (SSSR count). The number of hydrogen-bond acceptors (Lipinski definition) is 1. The molecule has 1 N–H and O–H groups in total. The molecule has 0 amide bonds. The molecule has 0 radical (unpaired) electrons. The Labute approximate surface area is 139 Å². The summed E-state index contributed by atoms with van der Waals surface area (Å²) < 4.78 is 0. The zero-order valence-electron chi connectivity index (χ0n) is 15.7. The first kappa shape index (κ1) is 17.7. The number of rotatable bonds is 4. The molecule has 0 saturated carbocycles. The van der Waals surface area contributed by atoms with Gasteiger partial charge in [-0.25, -0.2) is 0 Å². The van der Waals surface area contributed by atoms with Gasteiger partial charge in [-0.2, -0.15) is 0 Å². The van der Waals surface area contributed by atoms with Crippen molar-refractivity contribution < 1.29 is 0 Å². The van der Waals surface area contributed by atoms with Crippen LogP contribution in [0.15, 0.2) is 34.9 Å². The fourth-order valence-corrected chi connectivity index (χ4v) is 5.91. The lowest BCUT2D eigenvalue weighted by Crippen LogP contribution is -2.45. The molecule has 1 aliphatic heterocycles. The zero-order valence-corrected chi connectivity index (χ0v) is 16.7. The predicted octanol–water partition coefficient (Wildman–Crippen LogP) is 5.55. The topological polar surface area (TPSA) is 12.0 Å². The van der Waals surface area contributed by atoms with Crippen LogP contribution in [-0.2, 0) is 0 Å². The van der Waals surface area contributed by atoms with Gasteiger partial charge in [-0.3, -0.25) is 0 Å². The van der Waals surface area contributed by atoms with E-state index in [4.69, 9.17) is 0 Å². The van der Waals surface area contributed by atoms with Crippen molar-refractivity contribution >= 4 is 8.07 Å². The first-order valence-electron chi connectivity index (χ1n) is 9.01. The van der Waals surface area contributed by atoms with Crippen molar-refractivity contribution in [2.45, 2.75) is 71.8 Å². The lowest BCUT2D eigenvalue weighted by Gasteiger charge is -2.39. The van der Waals surface area contributed by atoms with E-state index in [1.165, 1.54) is 18.4 Å². The van der Waals surface area contributed by atoms with Gasteiger partial charge in [0.2, 0.25) is 0 Å². The van der Waals surface area contributed by atoms with Gasteiger partial charge in [0.1, 0.15) is 0 Å². The molecule has 1 heterocycles. The molecule has 0 spiro atoms. The summed E-state index contributed by atoms with van der Waals surface area (Å²) in [6.45, 7) is 18.1. The second kappa shape index (κ2) is 6.88. The molecule has 1 nitrogen and oxygen atoms in total. The maximum atomic E-state index is 3.85. The number of nitrogens with one attached hydrogen (secondary N) is 1. The van der Waals surface area contributed by atoms with E-state index in [1.54, 1.807) is 11.1 Å². The van der Waals surface area contributed by atoms with Crippen LogP contribution < -0.4 is 5.32 Å². The molecular weight excluding hydrogens is 282 g/mol. The fraction of sp³-hybridized carbons (Fsp3) is 0.700. The highest BCUT2D eigenvalue weighted by Crippen LogP contribution is 2.38. The highest BCUT2D eigenvalue weighted by atomic mass is 28.3.